The van der Waals surface area contributed by atoms with Gasteiger partial charge in [-0.1, -0.05) is 32.4 Å². The Balaban J connectivity index is 1.64. The molecule has 1 amide bonds. The van der Waals surface area contributed by atoms with Gasteiger partial charge in [0.2, 0.25) is 15.9 Å². The highest BCUT2D eigenvalue weighted by atomic mass is 32.2. The van der Waals surface area contributed by atoms with E-state index in [0.717, 1.165) is 48.3 Å². The number of hydrogen-bond donors (Lipinski definition) is 1. The number of amides is 1. The molecule has 8 heteroatoms. The highest BCUT2D eigenvalue weighted by Crippen LogP contribution is 2.21. The molecule has 170 valence electrons. The molecule has 7 nitrogen and oxygen atoms in total. The summed E-state index contributed by atoms with van der Waals surface area (Å²) < 4.78 is 29.3. The summed E-state index contributed by atoms with van der Waals surface area (Å²) in [6.45, 7) is 10.5. The number of carbonyl (C=O) groups excluding carboxylic acids is 1. The number of rotatable bonds is 8. The third-order valence-electron chi connectivity index (χ3n) is 5.75. The van der Waals surface area contributed by atoms with Crippen LogP contribution in [0.3, 0.4) is 0 Å². The van der Waals surface area contributed by atoms with E-state index in [1.54, 1.807) is 22.5 Å². The molecule has 1 aromatic carbocycles. The number of aromatic nitrogens is 2. The number of nitrogens with one attached hydrogen (secondary N) is 1. The molecule has 0 spiro atoms. The van der Waals surface area contributed by atoms with Gasteiger partial charge in [0.15, 0.2) is 0 Å². The van der Waals surface area contributed by atoms with Crippen LogP contribution in [0.5, 0.6) is 0 Å². The van der Waals surface area contributed by atoms with Gasteiger partial charge in [-0.05, 0) is 50.3 Å². The van der Waals surface area contributed by atoms with Gasteiger partial charge in [-0.25, -0.2) is 8.42 Å². The van der Waals surface area contributed by atoms with E-state index in [4.69, 9.17) is 0 Å². The van der Waals surface area contributed by atoms with Gasteiger partial charge in [-0.15, -0.1) is 0 Å². The van der Waals surface area contributed by atoms with Crippen LogP contribution < -0.4 is 5.32 Å². The minimum Gasteiger partial charge on any atom is -0.352 e. The number of nitrogens with zero attached hydrogens (tertiary/aromatic N) is 3. The highest BCUT2D eigenvalue weighted by molar-refractivity contribution is 7.89. The lowest BCUT2D eigenvalue weighted by molar-refractivity contribution is -0.120. The Morgan fingerprint density at radius 1 is 1.16 bits per heavy atom. The Labute approximate surface area is 185 Å². The predicted molar refractivity (Wildman–Crippen MR) is 121 cm³/mol. The first-order valence-electron chi connectivity index (χ1n) is 11.1. The van der Waals surface area contributed by atoms with Crippen LogP contribution in [0.1, 0.15) is 55.6 Å². The second-order valence-electron chi connectivity index (χ2n) is 8.79. The van der Waals surface area contributed by atoms with Crippen LogP contribution in [0.25, 0.3) is 0 Å². The largest absolute Gasteiger partial charge is 0.352 e. The molecule has 0 saturated carbocycles. The van der Waals surface area contributed by atoms with Gasteiger partial charge in [0.05, 0.1) is 17.0 Å². The van der Waals surface area contributed by atoms with Crippen LogP contribution in [0.2, 0.25) is 0 Å². The summed E-state index contributed by atoms with van der Waals surface area (Å²) in [7, 11) is -3.48. The summed E-state index contributed by atoms with van der Waals surface area (Å²) in [5, 5.41) is 7.50. The maximum Gasteiger partial charge on any atom is 0.243 e. The molecule has 31 heavy (non-hydrogen) atoms. The maximum atomic E-state index is 12.9. The van der Waals surface area contributed by atoms with E-state index >= 15 is 0 Å². The predicted octanol–water partition coefficient (Wildman–Crippen LogP) is 3.19. The second kappa shape index (κ2) is 9.96. The number of hydrogen-bond acceptors (Lipinski definition) is 4. The molecule has 1 N–H and O–H groups in total. The van der Waals surface area contributed by atoms with Crippen LogP contribution in [0.4, 0.5) is 0 Å². The first-order valence-corrected chi connectivity index (χ1v) is 12.5. The van der Waals surface area contributed by atoms with Crippen LogP contribution in [-0.2, 0) is 34.3 Å². The summed E-state index contributed by atoms with van der Waals surface area (Å²) in [6, 6.07) is 6.88. The van der Waals surface area contributed by atoms with E-state index in [9.17, 15) is 13.2 Å². The molecule has 1 saturated heterocycles. The molecule has 3 rings (SSSR count). The van der Waals surface area contributed by atoms with Crippen LogP contribution in [-0.4, -0.2) is 41.5 Å². The lowest BCUT2D eigenvalue weighted by Crippen LogP contribution is -2.35. The van der Waals surface area contributed by atoms with Crippen molar-refractivity contribution in [3.05, 3.63) is 46.8 Å². The van der Waals surface area contributed by atoms with Crippen molar-refractivity contribution in [3.8, 4) is 0 Å². The fraction of sp³-hybridized carbons (Fsp3) is 0.565. The molecule has 0 atom stereocenters. The van der Waals surface area contributed by atoms with Crippen molar-refractivity contribution in [3.63, 3.8) is 0 Å². The molecule has 1 aromatic heterocycles. The molecular weight excluding hydrogens is 412 g/mol. The molecular formula is C23H34N4O3S. The number of aryl methyl sites for hydroxylation is 1. The molecule has 2 aromatic rings. The zero-order chi connectivity index (χ0) is 22.6. The Morgan fingerprint density at radius 3 is 2.55 bits per heavy atom. The maximum absolute atomic E-state index is 12.9. The van der Waals surface area contributed by atoms with Crippen molar-refractivity contribution in [2.45, 2.75) is 71.4 Å². The Bertz CT molecular complexity index is 1020. The van der Waals surface area contributed by atoms with Gasteiger partial charge in [0.1, 0.15) is 0 Å². The SMILES string of the molecule is Cc1nn(CC(C)C)c(C)c1CC(=O)NCc1cccc(S(=O)(=O)N2CCCCC2)c1. The van der Waals surface area contributed by atoms with Crippen molar-refractivity contribution in [1.29, 1.82) is 0 Å². The molecule has 1 aliphatic rings. The summed E-state index contributed by atoms with van der Waals surface area (Å²) in [4.78, 5) is 12.9. The fourth-order valence-electron chi connectivity index (χ4n) is 4.01. The first-order chi connectivity index (χ1) is 14.7. The van der Waals surface area contributed by atoms with Crippen molar-refractivity contribution in [1.82, 2.24) is 19.4 Å². The van der Waals surface area contributed by atoms with Gasteiger partial charge >= 0.3 is 0 Å². The van der Waals surface area contributed by atoms with Crippen molar-refractivity contribution >= 4 is 15.9 Å². The van der Waals surface area contributed by atoms with Gasteiger partial charge in [0.25, 0.3) is 0 Å². The lowest BCUT2D eigenvalue weighted by Gasteiger charge is -2.26. The monoisotopic (exact) mass is 446 g/mol. The Morgan fingerprint density at radius 2 is 1.87 bits per heavy atom. The molecule has 0 radical (unpaired) electrons. The van der Waals surface area contributed by atoms with E-state index in [1.807, 2.05) is 24.6 Å². The third kappa shape index (κ3) is 5.74. The smallest absolute Gasteiger partial charge is 0.243 e. The molecule has 0 unspecified atom stereocenters. The standard InChI is InChI=1S/C23H34N4O3S/c1-17(2)16-27-19(4)22(18(3)25-27)14-23(28)24-15-20-9-8-10-21(13-20)31(29,30)26-11-6-5-7-12-26/h8-10,13,17H,5-7,11-12,14-16H2,1-4H3,(H,24,28). The minimum atomic E-state index is -3.48. The number of carbonyl (C=O) groups is 1. The molecule has 0 bridgehead atoms. The first kappa shape index (κ1) is 23.5. The van der Waals surface area contributed by atoms with E-state index in [1.165, 1.54) is 0 Å². The quantitative estimate of drug-likeness (QED) is 0.675. The molecule has 0 aliphatic carbocycles. The zero-order valence-electron chi connectivity index (χ0n) is 19.0. The average molecular weight is 447 g/mol. The summed E-state index contributed by atoms with van der Waals surface area (Å²) in [5.41, 5.74) is 3.63. The summed E-state index contributed by atoms with van der Waals surface area (Å²) >= 11 is 0. The number of piperidine rings is 1. The van der Waals surface area contributed by atoms with E-state index in [0.29, 0.717) is 30.4 Å². The van der Waals surface area contributed by atoms with E-state index < -0.39 is 10.0 Å². The lowest BCUT2D eigenvalue weighted by atomic mass is 10.1. The van der Waals surface area contributed by atoms with Gasteiger partial charge in [-0.3, -0.25) is 9.48 Å². The molecule has 2 heterocycles. The van der Waals surface area contributed by atoms with E-state index in [2.05, 4.69) is 24.3 Å². The third-order valence-corrected chi connectivity index (χ3v) is 7.64. The van der Waals surface area contributed by atoms with Crippen molar-refractivity contribution in [2.75, 3.05) is 13.1 Å². The second-order valence-corrected chi connectivity index (χ2v) is 10.7. The van der Waals surface area contributed by atoms with Crippen LogP contribution in [0, 0.1) is 19.8 Å². The number of benzene rings is 1. The topological polar surface area (TPSA) is 84.3 Å². The van der Waals surface area contributed by atoms with E-state index in [-0.39, 0.29) is 12.3 Å². The van der Waals surface area contributed by atoms with Crippen molar-refractivity contribution < 1.29 is 13.2 Å². The van der Waals surface area contributed by atoms with Gasteiger partial charge in [-0.2, -0.15) is 9.40 Å². The summed E-state index contributed by atoms with van der Waals surface area (Å²) in [5.74, 6) is 0.382. The average Bonchev–Trinajstić information content (AvgIpc) is 3.00. The number of sulfonamides is 1. The van der Waals surface area contributed by atoms with Crippen LogP contribution >= 0.6 is 0 Å². The van der Waals surface area contributed by atoms with Crippen LogP contribution in [0.15, 0.2) is 29.2 Å². The minimum absolute atomic E-state index is 0.0976. The Kier molecular flexibility index (Phi) is 7.54. The van der Waals surface area contributed by atoms with Gasteiger partial charge in [0, 0.05) is 37.4 Å². The Hall–Kier alpha value is -2.19. The molecule has 1 fully saturated rings. The normalized spacial score (nSPS) is 15.4. The van der Waals surface area contributed by atoms with Crippen molar-refractivity contribution in [2.24, 2.45) is 5.92 Å². The highest BCUT2D eigenvalue weighted by Gasteiger charge is 2.26. The molecule has 1 aliphatic heterocycles. The fourth-order valence-corrected chi connectivity index (χ4v) is 5.60. The zero-order valence-corrected chi connectivity index (χ0v) is 19.8. The summed E-state index contributed by atoms with van der Waals surface area (Å²) in [6.07, 6.45) is 3.15. The van der Waals surface area contributed by atoms with Gasteiger partial charge < -0.3 is 5.32 Å².